The Morgan fingerprint density at radius 3 is 2.67 bits per heavy atom. The molecular weight excluding hydrogens is 310 g/mol. The number of nitrogens with one attached hydrogen (secondary N) is 2. The quantitative estimate of drug-likeness (QED) is 0.888. The van der Waals surface area contributed by atoms with E-state index in [1.54, 1.807) is 17.5 Å². The zero-order valence-corrected chi connectivity index (χ0v) is 12.9. The first kappa shape index (κ1) is 15.5. The third-order valence-electron chi connectivity index (χ3n) is 2.58. The summed E-state index contributed by atoms with van der Waals surface area (Å²) in [6.07, 6.45) is 0.184. The zero-order valence-electron chi connectivity index (χ0n) is 11.4. The van der Waals surface area contributed by atoms with Gasteiger partial charge in [0.15, 0.2) is 5.13 Å². The molecule has 0 aliphatic rings. The first-order chi connectivity index (χ1) is 10.0. The van der Waals surface area contributed by atoms with Crippen LogP contribution in [-0.4, -0.2) is 16.8 Å². The molecule has 1 aromatic carbocycles. The fourth-order valence-electron chi connectivity index (χ4n) is 1.63. The minimum absolute atomic E-state index is 0.121. The summed E-state index contributed by atoms with van der Waals surface area (Å²) in [5.41, 5.74) is 1.61. The van der Waals surface area contributed by atoms with Crippen LogP contribution in [-0.2, 0) is 22.6 Å². The summed E-state index contributed by atoms with van der Waals surface area (Å²) in [7, 11) is 0. The van der Waals surface area contributed by atoms with E-state index in [9.17, 15) is 9.59 Å². The molecule has 0 saturated carbocycles. The Kier molecular flexibility index (Phi) is 5.30. The lowest BCUT2D eigenvalue weighted by Crippen LogP contribution is -2.24. The number of hydrogen-bond donors (Lipinski definition) is 2. The van der Waals surface area contributed by atoms with E-state index in [1.807, 2.05) is 12.1 Å². The van der Waals surface area contributed by atoms with Gasteiger partial charge >= 0.3 is 0 Å². The van der Waals surface area contributed by atoms with Gasteiger partial charge in [0.05, 0.1) is 12.1 Å². The van der Waals surface area contributed by atoms with E-state index < -0.39 is 0 Å². The van der Waals surface area contributed by atoms with Gasteiger partial charge < -0.3 is 10.6 Å². The average molecular weight is 324 g/mol. The number of benzene rings is 1. The number of hydrogen-bond acceptors (Lipinski definition) is 4. The average Bonchev–Trinajstić information content (AvgIpc) is 2.84. The molecule has 2 rings (SSSR count). The van der Waals surface area contributed by atoms with Crippen LogP contribution in [0.25, 0.3) is 0 Å². The summed E-state index contributed by atoms with van der Waals surface area (Å²) in [4.78, 5) is 26.9. The van der Waals surface area contributed by atoms with Gasteiger partial charge in [-0.3, -0.25) is 9.59 Å². The van der Waals surface area contributed by atoms with Gasteiger partial charge in [0.25, 0.3) is 0 Å². The van der Waals surface area contributed by atoms with Crippen molar-refractivity contribution in [2.45, 2.75) is 19.9 Å². The van der Waals surface area contributed by atoms with E-state index in [4.69, 9.17) is 11.6 Å². The zero-order chi connectivity index (χ0) is 15.2. The highest BCUT2D eigenvalue weighted by atomic mass is 35.5. The molecule has 1 heterocycles. The third kappa shape index (κ3) is 5.17. The van der Waals surface area contributed by atoms with Gasteiger partial charge in [-0.25, -0.2) is 4.98 Å². The summed E-state index contributed by atoms with van der Waals surface area (Å²) in [5.74, 6) is -0.298. The van der Waals surface area contributed by atoms with Gasteiger partial charge in [0.2, 0.25) is 11.8 Å². The standard InChI is InChI=1S/C14H14ClN3O2S/c1-9(19)17-14-18-12(8-21-14)6-13(20)16-7-10-2-4-11(15)5-3-10/h2-5,8H,6-7H2,1H3,(H,16,20)(H,17,18,19). The first-order valence-corrected chi connectivity index (χ1v) is 7.52. The molecule has 1 aromatic heterocycles. The molecule has 0 bridgehead atoms. The second kappa shape index (κ2) is 7.19. The fraction of sp³-hybridized carbons (Fsp3) is 0.214. The molecule has 0 atom stereocenters. The fourth-order valence-corrected chi connectivity index (χ4v) is 2.51. The van der Waals surface area contributed by atoms with Crippen LogP contribution in [0.2, 0.25) is 5.02 Å². The number of anilines is 1. The molecule has 0 fully saturated rings. The van der Waals surface area contributed by atoms with E-state index >= 15 is 0 Å². The van der Waals surface area contributed by atoms with Gasteiger partial charge in [-0.1, -0.05) is 23.7 Å². The van der Waals surface area contributed by atoms with E-state index in [-0.39, 0.29) is 18.2 Å². The highest BCUT2D eigenvalue weighted by Gasteiger charge is 2.08. The highest BCUT2D eigenvalue weighted by Crippen LogP contribution is 2.15. The number of thiazole rings is 1. The van der Waals surface area contributed by atoms with Crippen molar-refractivity contribution in [1.29, 1.82) is 0 Å². The minimum atomic E-state index is -0.178. The molecule has 0 radical (unpaired) electrons. The predicted molar refractivity (Wildman–Crippen MR) is 83.4 cm³/mol. The van der Waals surface area contributed by atoms with Crippen molar-refractivity contribution in [3.05, 3.63) is 45.9 Å². The number of halogens is 1. The summed E-state index contributed by atoms with van der Waals surface area (Å²) in [5, 5.41) is 8.32. The van der Waals surface area contributed by atoms with Crippen LogP contribution in [0, 0.1) is 0 Å². The Morgan fingerprint density at radius 1 is 1.29 bits per heavy atom. The third-order valence-corrected chi connectivity index (χ3v) is 3.64. The van der Waals surface area contributed by atoms with Crippen molar-refractivity contribution >= 4 is 39.9 Å². The maximum absolute atomic E-state index is 11.8. The van der Waals surface area contributed by atoms with Gasteiger partial charge in [-0.2, -0.15) is 0 Å². The second-order valence-corrected chi connectivity index (χ2v) is 5.70. The van der Waals surface area contributed by atoms with Crippen LogP contribution in [0.5, 0.6) is 0 Å². The summed E-state index contributed by atoms with van der Waals surface area (Å²) in [6, 6.07) is 7.28. The minimum Gasteiger partial charge on any atom is -0.352 e. The normalized spacial score (nSPS) is 10.2. The Labute approximate surface area is 131 Å². The van der Waals surface area contributed by atoms with Crippen molar-refractivity contribution in [2.75, 3.05) is 5.32 Å². The summed E-state index contributed by atoms with van der Waals surface area (Å²) >= 11 is 7.09. The maximum Gasteiger partial charge on any atom is 0.226 e. The molecule has 0 aliphatic carbocycles. The topological polar surface area (TPSA) is 71.1 Å². The van der Waals surface area contributed by atoms with Crippen LogP contribution in [0.15, 0.2) is 29.6 Å². The monoisotopic (exact) mass is 323 g/mol. The Balaban J connectivity index is 1.82. The van der Waals surface area contributed by atoms with Gasteiger partial charge in [-0.15, -0.1) is 11.3 Å². The Hall–Kier alpha value is -1.92. The molecule has 7 heteroatoms. The molecule has 2 aromatic rings. The molecule has 21 heavy (non-hydrogen) atoms. The molecule has 5 nitrogen and oxygen atoms in total. The van der Waals surface area contributed by atoms with Crippen molar-refractivity contribution in [1.82, 2.24) is 10.3 Å². The number of nitrogens with zero attached hydrogens (tertiary/aromatic N) is 1. The molecule has 110 valence electrons. The molecule has 0 spiro atoms. The number of amides is 2. The smallest absolute Gasteiger partial charge is 0.226 e. The molecule has 2 amide bonds. The first-order valence-electron chi connectivity index (χ1n) is 6.26. The summed E-state index contributed by atoms with van der Waals surface area (Å²) < 4.78 is 0. The molecule has 0 saturated heterocycles. The van der Waals surface area contributed by atoms with Crippen LogP contribution in [0.3, 0.4) is 0 Å². The molecule has 0 aliphatic heterocycles. The van der Waals surface area contributed by atoms with Gasteiger partial charge in [0.1, 0.15) is 0 Å². The molecular formula is C14H14ClN3O2S. The van der Waals surface area contributed by atoms with Crippen molar-refractivity contribution in [3.8, 4) is 0 Å². The highest BCUT2D eigenvalue weighted by molar-refractivity contribution is 7.13. The van der Waals surface area contributed by atoms with Crippen LogP contribution >= 0.6 is 22.9 Å². The number of carbonyl (C=O) groups excluding carboxylic acids is 2. The lowest BCUT2D eigenvalue weighted by molar-refractivity contribution is -0.120. The van der Waals surface area contributed by atoms with E-state index in [1.165, 1.54) is 18.3 Å². The SMILES string of the molecule is CC(=O)Nc1nc(CC(=O)NCc2ccc(Cl)cc2)cs1. The van der Waals surface area contributed by atoms with Crippen LogP contribution < -0.4 is 10.6 Å². The van der Waals surface area contributed by atoms with Crippen LogP contribution in [0.4, 0.5) is 5.13 Å². The van der Waals surface area contributed by atoms with E-state index in [0.717, 1.165) is 5.56 Å². The lowest BCUT2D eigenvalue weighted by Gasteiger charge is -2.04. The van der Waals surface area contributed by atoms with Gasteiger partial charge in [-0.05, 0) is 17.7 Å². The summed E-state index contributed by atoms with van der Waals surface area (Å²) in [6.45, 7) is 1.86. The largest absolute Gasteiger partial charge is 0.352 e. The number of rotatable bonds is 5. The Bertz CT molecular complexity index is 640. The Morgan fingerprint density at radius 2 is 2.00 bits per heavy atom. The van der Waals surface area contributed by atoms with Crippen LogP contribution in [0.1, 0.15) is 18.2 Å². The predicted octanol–water partition coefficient (Wildman–Crippen LogP) is 2.61. The lowest BCUT2D eigenvalue weighted by atomic mass is 10.2. The van der Waals surface area contributed by atoms with Crippen molar-refractivity contribution < 1.29 is 9.59 Å². The van der Waals surface area contributed by atoms with Gasteiger partial charge in [0, 0.05) is 23.9 Å². The van der Waals surface area contributed by atoms with E-state index in [2.05, 4.69) is 15.6 Å². The molecule has 2 N–H and O–H groups in total. The number of aromatic nitrogens is 1. The second-order valence-electron chi connectivity index (χ2n) is 4.41. The van der Waals surface area contributed by atoms with Crippen molar-refractivity contribution in [3.63, 3.8) is 0 Å². The maximum atomic E-state index is 11.8. The van der Waals surface area contributed by atoms with Crippen molar-refractivity contribution in [2.24, 2.45) is 0 Å². The van der Waals surface area contributed by atoms with E-state index in [0.29, 0.717) is 22.4 Å². The molecule has 0 unspecified atom stereocenters. The number of carbonyl (C=O) groups is 2.